The normalized spacial score (nSPS) is 10.6. The van der Waals surface area contributed by atoms with Crippen LogP contribution in [0, 0.1) is 27.7 Å². The Morgan fingerprint density at radius 1 is 0.500 bits per heavy atom. The quantitative estimate of drug-likeness (QED) is 0.167. The highest BCUT2D eigenvalue weighted by molar-refractivity contribution is 7.14. The van der Waals surface area contributed by atoms with Crippen molar-refractivity contribution in [1.29, 1.82) is 0 Å². The summed E-state index contributed by atoms with van der Waals surface area (Å²) in [5, 5.41) is 5.12. The lowest BCUT2D eigenvalue weighted by Crippen LogP contribution is -1.93. The Hall–Kier alpha value is -5.06. The standard InChI is InChI=1S/2C18H18N2O2S/c2*1-11-7-15(22-14-6-4-5-13(9-14)21-3)8-12(2)17(11)16-10-23-18(19)20-16/h2*4-10H,1-3H3,(H2,19,20). The van der Waals surface area contributed by atoms with Crippen LogP contribution in [0.15, 0.2) is 83.6 Å². The highest BCUT2D eigenvalue weighted by Crippen LogP contribution is 2.36. The minimum Gasteiger partial charge on any atom is -0.497 e. The second-order valence-corrected chi connectivity index (χ2v) is 12.3. The van der Waals surface area contributed by atoms with E-state index in [2.05, 4.69) is 37.7 Å². The molecule has 0 radical (unpaired) electrons. The van der Waals surface area contributed by atoms with Gasteiger partial charge in [-0.1, -0.05) is 12.1 Å². The summed E-state index contributed by atoms with van der Waals surface area (Å²) in [6.07, 6.45) is 0. The zero-order valence-electron chi connectivity index (χ0n) is 26.6. The molecule has 0 saturated carbocycles. The first-order valence-corrected chi connectivity index (χ1v) is 16.2. The third-order valence-electron chi connectivity index (χ3n) is 7.12. The van der Waals surface area contributed by atoms with Crippen LogP contribution in [0.25, 0.3) is 22.5 Å². The molecule has 4 N–H and O–H groups in total. The lowest BCUT2D eigenvalue weighted by molar-refractivity contribution is 0.409. The maximum Gasteiger partial charge on any atom is 0.180 e. The van der Waals surface area contributed by atoms with Crippen LogP contribution >= 0.6 is 22.7 Å². The predicted molar refractivity (Wildman–Crippen MR) is 189 cm³/mol. The summed E-state index contributed by atoms with van der Waals surface area (Å²) in [6, 6.07) is 23.2. The van der Waals surface area contributed by atoms with Crippen LogP contribution in [0.3, 0.4) is 0 Å². The average Bonchev–Trinajstić information content (AvgIpc) is 3.64. The van der Waals surface area contributed by atoms with Gasteiger partial charge in [-0.3, -0.25) is 0 Å². The fraction of sp³-hybridized carbons (Fsp3) is 0.167. The first-order valence-electron chi connectivity index (χ1n) is 14.4. The smallest absolute Gasteiger partial charge is 0.180 e. The summed E-state index contributed by atoms with van der Waals surface area (Å²) in [7, 11) is 3.28. The molecule has 0 bridgehead atoms. The zero-order valence-corrected chi connectivity index (χ0v) is 28.2. The number of nitrogens with two attached hydrogens (primary N) is 2. The second kappa shape index (κ2) is 14.4. The Balaban J connectivity index is 0.000000181. The zero-order chi connectivity index (χ0) is 32.8. The third-order valence-corrected chi connectivity index (χ3v) is 8.47. The highest BCUT2D eigenvalue weighted by atomic mass is 32.1. The van der Waals surface area contributed by atoms with E-state index in [1.807, 2.05) is 83.6 Å². The van der Waals surface area contributed by atoms with Crippen molar-refractivity contribution in [2.45, 2.75) is 27.7 Å². The van der Waals surface area contributed by atoms with Gasteiger partial charge in [0, 0.05) is 34.0 Å². The summed E-state index contributed by atoms with van der Waals surface area (Å²) in [6.45, 7) is 8.21. The van der Waals surface area contributed by atoms with E-state index in [1.54, 1.807) is 14.2 Å². The third kappa shape index (κ3) is 7.77. The van der Waals surface area contributed by atoms with E-state index in [0.29, 0.717) is 10.3 Å². The predicted octanol–water partition coefficient (Wildman–Crippen LogP) is 9.62. The van der Waals surface area contributed by atoms with Gasteiger partial charge >= 0.3 is 0 Å². The Labute approximate surface area is 277 Å². The van der Waals surface area contributed by atoms with Crippen molar-refractivity contribution in [3.63, 3.8) is 0 Å². The molecule has 10 heteroatoms. The van der Waals surface area contributed by atoms with E-state index in [0.717, 1.165) is 79.3 Å². The number of thiazole rings is 2. The molecule has 0 amide bonds. The molecule has 2 heterocycles. The van der Waals surface area contributed by atoms with Gasteiger partial charge < -0.3 is 30.4 Å². The number of aryl methyl sites for hydroxylation is 4. The number of aromatic nitrogens is 2. The highest BCUT2D eigenvalue weighted by Gasteiger charge is 2.13. The molecule has 6 aromatic rings. The minimum absolute atomic E-state index is 0.579. The van der Waals surface area contributed by atoms with Gasteiger partial charge in [-0.25, -0.2) is 9.97 Å². The van der Waals surface area contributed by atoms with Crippen molar-refractivity contribution in [2.24, 2.45) is 0 Å². The number of ether oxygens (including phenoxy) is 4. The van der Waals surface area contributed by atoms with Gasteiger partial charge in [0.25, 0.3) is 0 Å². The monoisotopic (exact) mass is 652 g/mol. The van der Waals surface area contributed by atoms with Gasteiger partial charge in [-0.15, -0.1) is 22.7 Å². The summed E-state index contributed by atoms with van der Waals surface area (Å²) in [4.78, 5) is 8.76. The first-order chi connectivity index (χ1) is 22.1. The maximum atomic E-state index is 5.96. The molecule has 6 rings (SSSR count). The molecule has 0 unspecified atom stereocenters. The molecule has 0 aliphatic rings. The van der Waals surface area contributed by atoms with Crippen molar-refractivity contribution in [3.8, 4) is 57.0 Å². The van der Waals surface area contributed by atoms with E-state index in [4.69, 9.17) is 30.4 Å². The van der Waals surface area contributed by atoms with Crippen molar-refractivity contribution in [2.75, 3.05) is 25.7 Å². The van der Waals surface area contributed by atoms with Crippen molar-refractivity contribution < 1.29 is 18.9 Å². The van der Waals surface area contributed by atoms with Gasteiger partial charge in [0.15, 0.2) is 10.3 Å². The van der Waals surface area contributed by atoms with Gasteiger partial charge in [0.2, 0.25) is 0 Å². The van der Waals surface area contributed by atoms with Crippen molar-refractivity contribution in [1.82, 2.24) is 9.97 Å². The van der Waals surface area contributed by atoms with Gasteiger partial charge in [0.05, 0.1) is 25.6 Å². The van der Waals surface area contributed by atoms with E-state index >= 15 is 0 Å². The number of anilines is 2. The number of methoxy groups -OCH3 is 2. The van der Waals surface area contributed by atoms with E-state index in [9.17, 15) is 0 Å². The average molecular weight is 653 g/mol. The van der Waals surface area contributed by atoms with Crippen LogP contribution < -0.4 is 30.4 Å². The summed E-state index contributed by atoms with van der Waals surface area (Å²) in [5.74, 6) is 4.61. The molecule has 0 saturated heterocycles. The maximum absolute atomic E-state index is 5.96. The molecule has 4 aromatic carbocycles. The van der Waals surface area contributed by atoms with Crippen LogP contribution in [0.4, 0.5) is 10.3 Å². The van der Waals surface area contributed by atoms with Crippen LogP contribution in [0.1, 0.15) is 22.3 Å². The summed E-state index contributed by atoms with van der Waals surface area (Å²) >= 11 is 2.90. The Kier molecular flexibility index (Phi) is 10.1. The molecule has 0 atom stereocenters. The Morgan fingerprint density at radius 2 is 0.848 bits per heavy atom. The molecule has 2 aromatic heterocycles. The van der Waals surface area contributed by atoms with Gasteiger partial charge in [-0.05, 0) is 98.5 Å². The number of nitrogens with zero attached hydrogens (tertiary/aromatic N) is 2. The molecular weight excluding hydrogens is 617 g/mol. The van der Waals surface area contributed by atoms with Crippen LogP contribution in [-0.2, 0) is 0 Å². The van der Waals surface area contributed by atoms with Gasteiger partial charge in [0.1, 0.15) is 34.5 Å². The Bertz CT molecular complexity index is 1780. The van der Waals surface area contributed by atoms with Crippen molar-refractivity contribution in [3.05, 3.63) is 106 Å². The van der Waals surface area contributed by atoms with E-state index in [1.165, 1.54) is 22.7 Å². The molecule has 0 spiro atoms. The van der Waals surface area contributed by atoms with E-state index in [-0.39, 0.29) is 0 Å². The SMILES string of the molecule is COc1cccc(Oc2cc(C)c(-c3csc(N)n3)c(C)c2)c1.COc1cccc(Oc2cc(C)c(-c3csc(N)n3)c(C)c2)c1. The summed E-state index contributed by atoms with van der Waals surface area (Å²) in [5.41, 5.74) is 20.0. The lowest BCUT2D eigenvalue weighted by atomic mass is 10.0. The number of nitrogen functional groups attached to an aromatic ring is 2. The number of hydrogen-bond donors (Lipinski definition) is 2. The van der Waals surface area contributed by atoms with Crippen LogP contribution in [-0.4, -0.2) is 24.2 Å². The van der Waals surface area contributed by atoms with Crippen LogP contribution in [0.2, 0.25) is 0 Å². The summed E-state index contributed by atoms with van der Waals surface area (Å²) < 4.78 is 22.4. The topological polar surface area (TPSA) is 115 Å². The molecule has 8 nitrogen and oxygen atoms in total. The molecule has 0 aliphatic heterocycles. The van der Waals surface area contributed by atoms with Crippen LogP contribution in [0.5, 0.6) is 34.5 Å². The second-order valence-electron chi connectivity index (χ2n) is 10.6. The van der Waals surface area contributed by atoms with Crippen molar-refractivity contribution >= 4 is 32.9 Å². The Morgan fingerprint density at radius 3 is 1.15 bits per heavy atom. The molecule has 236 valence electrons. The first kappa shape index (κ1) is 32.3. The minimum atomic E-state index is 0.579. The van der Waals surface area contributed by atoms with Gasteiger partial charge in [-0.2, -0.15) is 0 Å². The molecule has 46 heavy (non-hydrogen) atoms. The fourth-order valence-corrected chi connectivity index (χ4v) is 6.29. The number of rotatable bonds is 8. The molecular formula is C36H36N4O4S2. The molecule has 0 fully saturated rings. The number of hydrogen-bond acceptors (Lipinski definition) is 10. The fourth-order valence-electron chi connectivity index (χ4n) is 5.18. The lowest BCUT2D eigenvalue weighted by Gasteiger charge is -2.12. The molecule has 0 aliphatic carbocycles. The largest absolute Gasteiger partial charge is 0.497 e. The number of benzene rings is 4. The van der Waals surface area contributed by atoms with E-state index < -0.39 is 0 Å².